The molecule has 2 aromatic heterocycles. The molecule has 0 saturated carbocycles. The molecule has 0 aliphatic carbocycles. The maximum Gasteiger partial charge on any atom is 0.275 e. The lowest BCUT2D eigenvalue weighted by Crippen LogP contribution is -2.49. The van der Waals surface area contributed by atoms with Crippen LogP contribution in [0.3, 0.4) is 0 Å². The summed E-state index contributed by atoms with van der Waals surface area (Å²) in [7, 11) is 4.08. The average Bonchev–Trinajstić information content (AvgIpc) is 3.74. The zero-order valence-corrected chi connectivity index (χ0v) is 43.9. The van der Waals surface area contributed by atoms with E-state index >= 15 is 0 Å². The standard InChI is InChI=1S/C50H65F3IN11O8/c1-36-55-43-6-4-5-7-44(43)65(36)50-57-48(56-49(58-50)64-21-26-69-27-22-64)63-17-15-62(16-18-63)45(66)12-23-68-28-29-70-24-19-60(2)13-14-61(3)20-25-71-30-31-72-32-33-73-59-47(67)39-10-11-41(51)46(53)40(39)34-37-8-9-38(54)35-42(37)52/h4-11,35H,12-34H2,1-3H3,(H,59,67). The second-order valence-corrected chi connectivity index (χ2v) is 18.8. The molecule has 23 heteroatoms. The lowest BCUT2D eigenvalue weighted by Gasteiger charge is -2.35. The third-order valence-corrected chi connectivity index (χ3v) is 13.0. The average molecular weight is 1130 g/mol. The number of amides is 2. The number of likely N-dealkylation sites (N-methyl/N-ethyl adjacent to an activating group) is 2. The highest BCUT2D eigenvalue weighted by molar-refractivity contribution is 14.1. The summed E-state index contributed by atoms with van der Waals surface area (Å²) in [6, 6.07) is 14.3. The molecule has 0 unspecified atom stereocenters. The van der Waals surface area contributed by atoms with Crippen molar-refractivity contribution in [1.82, 2.24) is 44.7 Å². The Morgan fingerprint density at radius 2 is 1.29 bits per heavy atom. The van der Waals surface area contributed by atoms with Crippen LogP contribution in [0.1, 0.15) is 33.7 Å². The highest BCUT2D eigenvalue weighted by atomic mass is 127. The van der Waals surface area contributed by atoms with E-state index in [0.29, 0.717) is 127 Å². The SMILES string of the molecule is Cc1nc2ccccc2n1-c1nc(N2CCOCC2)nc(N2CCN(C(=O)CCOCCOCCN(C)CCN(C)CCOCCOCCONC(=O)c3ccc(F)c(F)c3Cc3ccc(I)cc3F)CC2)n1. The highest BCUT2D eigenvalue weighted by Gasteiger charge is 2.27. The van der Waals surface area contributed by atoms with Gasteiger partial charge in [-0.3, -0.25) is 19.0 Å². The third-order valence-electron chi connectivity index (χ3n) is 12.4. The number of aromatic nitrogens is 5. The summed E-state index contributed by atoms with van der Waals surface area (Å²) >= 11 is 1.95. The van der Waals surface area contributed by atoms with Crippen molar-refractivity contribution in [3.63, 3.8) is 0 Å². The molecule has 2 fully saturated rings. The number of aryl methyl sites for hydroxylation is 1. The molecule has 5 aromatic rings. The van der Waals surface area contributed by atoms with Gasteiger partial charge in [0.05, 0.1) is 90.1 Å². The van der Waals surface area contributed by atoms with Crippen LogP contribution >= 0.6 is 22.6 Å². The Hall–Kier alpha value is -5.12. The Morgan fingerprint density at radius 3 is 1.96 bits per heavy atom. The smallest absolute Gasteiger partial charge is 0.275 e. The second kappa shape index (κ2) is 28.5. The number of imidazole rings is 1. The molecule has 0 spiro atoms. The topological polar surface area (TPSA) is 174 Å². The van der Waals surface area contributed by atoms with E-state index in [1.54, 1.807) is 6.07 Å². The molecule has 1 N–H and O–H groups in total. The molecule has 2 saturated heterocycles. The maximum absolute atomic E-state index is 14.7. The molecule has 0 atom stereocenters. The van der Waals surface area contributed by atoms with Crippen LogP contribution in [-0.4, -0.2) is 203 Å². The van der Waals surface area contributed by atoms with Crippen molar-refractivity contribution in [3.8, 4) is 5.95 Å². The Bertz CT molecular complexity index is 2570. The minimum absolute atomic E-state index is 0.00544. The van der Waals surface area contributed by atoms with Gasteiger partial charge in [0.25, 0.3) is 5.91 Å². The number of hydrogen-bond donors (Lipinski definition) is 1. The predicted molar refractivity (Wildman–Crippen MR) is 276 cm³/mol. The number of carbonyl (C=O) groups excluding carboxylic acids is 2. The van der Waals surface area contributed by atoms with Crippen LogP contribution in [0.25, 0.3) is 17.0 Å². The van der Waals surface area contributed by atoms with Crippen LogP contribution in [0.15, 0.2) is 54.6 Å². The number of fused-ring (bicyclic) bond motifs is 1. The van der Waals surface area contributed by atoms with Crippen molar-refractivity contribution >= 4 is 57.3 Å². The van der Waals surface area contributed by atoms with E-state index in [9.17, 15) is 22.8 Å². The number of hydroxylamine groups is 1. The first kappa shape index (κ1) is 55.6. The first-order valence-electron chi connectivity index (χ1n) is 24.5. The molecule has 0 bridgehead atoms. The van der Waals surface area contributed by atoms with Gasteiger partial charge in [0, 0.05) is 86.6 Å². The largest absolute Gasteiger partial charge is 0.379 e. The number of para-hydroxylation sites is 2. The van der Waals surface area contributed by atoms with E-state index in [4.69, 9.17) is 48.5 Å². The number of carbonyl (C=O) groups is 2. The van der Waals surface area contributed by atoms with Crippen LogP contribution in [0.2, 0.25) is 0 Å². The van der Waals surface area contributed by atoms with Crippen molar-refractivity contribution in [1.29, 1.82) is 0 Å². The summed E-state index contributed by atoms with van der Waals surface area (Å²) in [5.41, 5.74) is 3.71. The van der Waals surface area contributed by atoms with Crippen LogP contribution < -0.4 is 15.3 Å². The molecule has 73 heavy (non-hydrogen) atoms. The molecule has 0 radical (unpaired) electrons. The van der Waals surface area contributed by atoms with Gasteiger partial charge in [-0.1, -0.05) is 18.2 Å². The fraction of sp³-hybridized carbons (Fsp3) is 0.520. The summed E-state index contributed by atoms with van der Waals surface area (Å²) in [5, 5.41) is 0. The number of anilines is 2. The molecule has 19 nitrogen and oxygen atoms in total. The van der Waals surface area contributed by atoms with Crippen molar-refractivity contribution in [2.75, 3.05) is 162 Å². The predicted octanol–water partition coefficient (Wildman–Crippen LogP) is 4.30. The number of halogens is 4. The Balaban J connectivity index is 0.681. The number of piperazine rings is 1. The fourth-order valence-electron chi connectivity index (χ4n) is 8.12. The normalized spacial score (nSPS) is 14.3. The van der Waals surface area contributed by atoms with Gasteiger partial charge in [-0.05, 0) is 85.6 Å². The summed E-state index contributed by atoms with van der Waals surface area (Å²) < 4.78 is 74.1. The quantitative estimate of drug-likeness (QED) is 0.0427. The van der Waals surface area contributed by atoms with Gasteiger partial charge in [-0.2, -0.15) is 15.0 Å². The van der Waals surface area contributed by atoms with Gasteiger partial charge in [-0.25, -0.2) is 23.6 Å². The monoisotopic (exact) mass is 1130 g/mol. The first-order valence-corrected chi connectivity index (χ1v) is 25.6. The van der Waals surface area contributed by atoms with E-state index in [2.05, 4.69) is 25.1 Å². The molecular formula is C50H65F3IN11O8. The zero-order valence-electron chi connectivity index (χ0n) is 41.7. The van der Waals surface area contributed by atoms with Gasteiger partial charge in [0.15, 0.2) is 11.6 Å². The molecule has 2 amide bonds. The molecular weight excluding hydrogens is 1070 g/mol. The van der Waals surface area contributed by atoms with E-state index in [-0.39, 0.29) is 42.2 Å². The van der Waals surface area contributed by atoms with Crippen molar-refractivity contribution in [2.24, 2.45) is 0 Å². The van der Waals surface area contributed by atoms with Crippen LogP contribution in [0.5, 0.6) is 0 Å². The molecule has 396 valence electrons. The van der Waals surface area contributed by atoms with Crippen molar-refractivity contribution in [3.05, 3.63) is 98.1 Å². The third kappa shape index (κ3) is 16.4. The Morgan fingerprint density at radius 1 is 0.685 bits per heavy atom. The zero-order chi connectivity index (χ0) is 51.5. The van der Waals surface area contributed by atoms with Gasteiger partial charge < -0.3 is 48.2 Å². The molecule has 3 aromatic carbocycles. The lowest BCUT2D eigenvalue weighted by atomic mass is 9.98. The minimum atomic E-state index is -1.22. The number of hydrogen-bond acceptors (Lipinski definition) is 16. The van der Waals surface area contributed by atoms with Crippen LogP contribution in [-0.2, 0) is 39.7 Å². The number of nitrogens with zero attached hydrogens (tertiary/aromatic N) is 10. The number of rotatable bonds is 28. The van der Waals surface area contributed by atoms with Crippen LogP contribution in [0.4, 0.5) is 25.1 Å². The van der Waals surface area contributed by atoms with Gasteiger partial charge >= 0.3 is 0 Å². The molecule has 7 rings (SSSR count). The van der Waals surface area contributed by atoms with E-state index in [1.165, 1.54) is 12.1 Å². The number of benzene rings is 3. The van der Waals surface area contributed by atoms with Gasteiger partial charge in [-0.15, -0.1) is 0 Å². The van der Waals surface area contributed by atoms with E-state index < -0.39 is 23.4 Å². The summed E-state index contributed by atoms with van der Waals surface area (Å²) in [5.74, 6) is -1.19. The molecule has 2 aliphatic rings. The van der Waals surface area contributed by atoms with E-state index in [0.717, 1.165) is 55.2 Å². The van der Waals surface area contributed by atoms with E-state index in [1.807, 2.05) is 77.3 Å². The maximum atomic E-state index is 14.7. The summed E-state index contributed by atoms with van der Waals surface area (Å²) in [6.07, 6.45) is -0.0136. The van der Waals surface area contributed by atoms with Crippen molar-refractivity contribution in [2.45, 2.75) is 19.8 Å². The second-order valence-electron chi connectivity index (χ2n) is 17.6. The summed E-state index contributed by atoms with van der Waals surface area (Å²) in [4.78, 5) is 61.0. The molecule has 4 heterocycles. The highest BCUT2D eigenvalue weighted by Crippen LogP contribution is 2.25. The lowest BCUT2D eigenvalue weighted by molar-refractivity contribution is -0.132. The number of morpholine rings is 1. The van der Waals surface area contributed by atoms with Crippen molar-refractivity contribution < 1.29 is 51.3 Å². The van der Waals surface area contributed by atoms with Crippen LogP contribution in [0, 0.1) is 27.9 Å². The Labute approximate surface area is 437 Å². The van der Waals surface area contributed by atoms with Gasteiger partial charge in [0.1, 0.15) is 11.6 Å². The minimum Gasteiger partial charge on any atom is -0.379 e. The molecule has 2 aliphatic heterocycles. The van der Waals surface area contributed by atoms with Gasteiger partial charge in [0.2, 0.25) is 23.8 Å². The summed E-state index contributed by atoms with van der Waals surface area (Å²) in [6.45, 7) is 13.2. The number of nitrogens with one attached hydrogen (secondary N) is 1. The fourth-order valence-corrected chi connectivity index (χ4v) is 8.57. The Kier molecular flexibility index (Phi) is 21.7. The first-order chi connectivity index (χ1) is 35.4. The number of ether oxygens (including phenoxy) is 5.